The van der Waals surface area contributed by atoms with E-state index in [4.69, 9.17) is 9.47 Å². The normalized spacial score (nSPS) is 25.5. The van der Waals surface area contributed by atoms with E-state index in [-0.39, 0.29) is 0 Å². The second-order valence-electron chi connectivity index (χ2n) is 4.14. The van der Waals surface area contributed by atoms with E-state index in [1.54, 1.807) is 14.2 Å². The Morgan fingerprint density at radius 3 is 2.60 bits per heavy atom. The minimum atomic E-state index is 0.537. The lowest BCUT2D eigenvalue weighted by Gasteiger charge is -2.17. The average Bonchev–Trinajstić information content (AvgIpc) is 2.88. The van der Waals surface area contributed by atoms with Crippen molar-refractivity contribution in [2.45, 2.75) is 18.3 Å². The van der Waals surface area contributed by atoms with Crippen molar-refractivity contribution < 1.29 is 9.47 Å². The van der Waals surface area contributed by atoms with Crippen LogP contribution in [0, 0.1) is 0 Å². The highest BCUT2D eigenvalue weighted by atomic mass is 16.5. The predicted molar refractivity (Wildman–Crippen MR) is 58.8 cm³/mol. The number of hydrogen-bond acceptors (Lipinski definition) is 2. The van der Waals surface area contributed by atoms with Crippen LogP contribution >= 0.6 is 0 Å². The molecule has 0 N–H and O–H groups in total. The summed E-state index contributed by atoms with van der Waals surface area (Å²) in [6.45, 7) is 0. The highest BCUT2D eigenvalue weighted by Crippen LogP contribution is 2.53. The predicted octanol–water partition coefficient (Wildman–Crippen LogP) is 2.84. The minimum absolute atomic E-state index is 0.537. The molecule has 15 heavy (non-hydrogen) atoms. The average molecular weight is 202 g/mol. The molecule has 1 aromatic carbocycles. The van der Waals surface area contributed by atoms with Gasteiger partial charge in [0.1, 0.15) is 0 Å². The molecule has 3 rings (SSSR count). The van der Waals surface area contributed by atoms with Gasteiger partial charge in [-0.2, -0.15) is 0 Å². The summed E-state index contributed by atoms with van der Waals surface area (Å²) in [7, 11) is 3.40. The van der Waals surface area contributed by atoms with Gasteiger partial charge in [-0.1, -0.05) is 18.2 Å². The molecule has 0 amide bonds. The van der Waals surface area contributed by atoms with E-state index < -0.39 is 0 Å². The first-order valence-electron chi connectivity index (χ1n) is 5.28. The molecule has 0 aromatic heterocycles. The molecule has 0 heterocycles. The van der Waals surface area contributed by atoms with Gasteiger partial charge >= 0.3 is 0 Å². The highest BCUT2D eigenvalue weighted by molar-refractivity contribution is 5.60. The number of benzene rings is 1. The Bertz CT molecular complexity index is 434. The maximum atomic E-state index is 5.47. The van der Waals surface area contributed by atoms with E-state index >= 15 is 0 Å². The van der Waals surface area contributed by atoms with Crippen LogP contribution in [0.3, 0.4) is 0 Å². The van der Waals surface area contributed by atoms with E-state index in [0.717, 1.165) is 11.5 Å². The largest absolute Gasteiger partial charge is 0.493 e. The first-order valence-corrected chi connectivity index (χ1v) is 5.28. The Morgan fingerprint density at radius 2 is 1.87 bits per heavy atom. The Kier molecular flexibility index (Phi) is 1.78. The zero-order chi connectivity index (χ0) is 10.4. The third kappa shape index (κ3) is 1.05. The molecule has 0 spiro atoms. The third-order valence-corrected chi connectivity index (χ3v) is 3.47. The monoisotopic (exact) mass is 202 g/mol. The summed E-state index contributed by atoms with van der Waals surface area (Å²) >= 11 is 0. The summed E-state index contributed by atoms with van der Waals surface area (Å²) in [5.74, 6) is 2.91. The van der Waals surface area contributed by atoms with Gasteiger partial charge in [0, 0.05) is 17.4 Å². The zero-order valence-corrected chi connectivity index (χ0v) is 8.99. The molecule has 0 fully saturated rings. The van der Waals surface area contributed by atoms with Gasteiger partial charge in [-0.25, -0.2) is 0 Å². The summed E-state index contributed by atoms with van der Waals surface area (Å²) in [6, 6.07) is 4.18. The lowest BCUT2D eigenvalue weighted by Crippen LogP contribution is -2.00. The van der Waals surface area contributed by atoms with E-state index in [9.17, 15) is 0 Å². The van der Waals surface area contributed by atoms with Gasteiger partial charge < -0.3 is 9.47 Å². The molecule has 1 aromatic rings. The molecule has 0 aliphatic heterocycles. The first-order chi connectivity index (χ1) is 7.35. The van der Waals surface area contributed by atoms with Crippen LogP contribution in [0.1, 0.15) is 29.4 Å². The summed E-state index contributed by atoms with van der Waals surface area (Å²) in [5, 5.41) is 0. The SMILES string of the molecule is COc1ccc2c(c1OC)[C@H]1C=C[C@H]2C1. The van der Waals surface area contributed by atoms with Crippen LogP contribution in [0.25, 0.3) is 0 Å². The van der Waals surface area contributed by atoms with Crippen LogP contribution in [0.2, 0.25) is 0 Å². The Hall–Kier alpha value is -1.44. The number of hydrogen-bond donors (Lipinski definition) is 0. The van der Waals surface area contributed by atoms with E-state index in [0.29, 0.717) is 11.8 Å². The van der Waals surface area contributed by atoms with Crippen LogP contribution in [0.4, 0.5) is 0 Å². The Morgan fingerprint density at radius 1 is 1.07 bits per heavy atom. The lowest BCUT2D eigenvalue weighted by molar-refractivity contribution is 0.351. The zero-order valence-electron chi connectivity index (χ0n) is 8.99. The molecule has 2 aliphatic carbocycles. The quantitative estimate of drug-likeness (QED) is 0.686. The number of rotatable bonds is 2. The Labute approximate surface area is 89.5 Å². The molecule has 2 nitrogen and oxygen atoms in total. The van der Waals surface area contributed by atoms with Crippen LogP contribution in [-0.4, -0.2) is 14.2 Å². The molecule has 2 aliphatic rings. The van der Waals surface area contributed by atoms with Gasteiger partial charge in [0.05, 0.1) is 14.2 Å². The van der Waals surface area contributed by atoms with Crippen LogP contribution in [0.5, 0.6) is 11.5 Å². The molecular formula is C13H14O2. The summed E-state index contributed by atoms with van der Waals surface area (Å²) in [4.78, 5) is 0. The molecule has 2 heteroatoms. The van der Waals surface area contributed by atoms with Gasteiger partial charge in [-0.15, -0.1) is 0 Å². The maximum Gasteiger partial charge on any atom is 0.164 e. The fraction of sp³-hybridized carbons (Fsp3) is 0.385. The second kappa shape index (κ2) is 3.02. The Balaban J connectivity index is 2.21. The van der Waals surface area contributed by atoms with Crippen molar-refractivity contribution in [1.82, 2.24) is 0 Å². The van der Waals surface area contributed by atoms with E-state index in [2.05, 4.69) is 18.2 Å². The van der Waals surface area contributed by atoms with Gasteiger partial charge in [0.15, 0.2) is 11.5 Å². The fourth-order valence-corrected chi connectivity index (χ4v) is 2.82. The molecule has 0 saturated heterocycles. The van der Waals surface area contributed by atoms with Crippen molar-refractivity contribution in [3.8, 4) is 11.5 Å². The summed E-state index contributed by atoms with van der Waals surface area (Å²) in [5.41, 5.74) is 2.75. The van der Waals surface area contributed by atoms with Crippen molar-refractivity contribution in [2.75, 3.05) is 14.2 Å². The topological polar surface area (TPSA) is 18.5 Å². The number of methoxy groups -OCH3 is 2. The van der Waals surface area contributed by atoms with Gasteiger partial charge in [0.25, 0.3) is 0 Å². The van der Waals surface area contributed by atoms with Crippen LogP contribution in [0.15, 0.2) is 24.3 Å². The standard InChI is InChI=1S/C13H14O2/c1-14-11-6-5-10-8-3-4-9(7-8)12(10)13(11)15-2/h3-6,8-9H,7H2,1-2H3/t8-,9-/m0/s1. The smallest absolute Gasteiger partial charge is 0.164 e. The second-order valence-corrected chi connectivity index (χ2v) is 4.14. The highest BCUT2D eigenvalue weighted by Gasteiger charge is 2.36. The molecule has 2 bridgehead atoms. The van der Waals surface area contributed by atoms with Crippen molar-refractivity contribution in [3.05, 3.63) is 35.4 Å². The first kappa shape index (κ1) is 8.84. The van der Waals surface area contributed by atoms with Gasteiger partial charge in [-0.05, 0) is 18.1 Å². The molecule has 0 saturated carbocycles. The fourth-order valence-electron chi connectivity index (χ4n) is 2.82. The van der Waals surface area contributed by atoms with Crippen molar-refractivity contribution >= 4 is 0 Å². The maximum absolute atomic E-state index is 5.47. The van der Waals surface area contributed by atoms with Crippen molar-refractivity contribution in [2.24, 2.45) is 0 Å². The van der Waals surface area contributed by atoms with Crippen LogP contribution in [-0.2, 0) is 0 Å². The molecule has 2 atom stereocenters. The minimum Gasteiger partial charge on any atom is -0.493 e. The summed E-state index contributed by atoms with van der Waals surface area (Å²) < 4.78 is 10.8. The lowest BCUT2D eigenvalue weighted by atomic mass is 9.95. The third-order valence-electron chi connectivity index (χ3n) is 3.47. The number of ether oxygens (including phenoxy) is 2. The number of allylic oxidation sites excluding steroid dienone is 2. The van der Waals surface area contributed by atoms with Crippen molar-refractivity contribution in [3.63, 3.8) is 0 Å². The van der Waals surface area contributed by atoms with E-state index in [1.165, 1.54) is 17.5 Å². The molecule has 0 radical (unpaired) electrons. The van der Waals surface area contributed by atoms with Crippen molar-refractivity contribution in [1.29, 1.82) is 0 Å². The molecule has 78 valence electrons. The van der Waals surface area contributed by atoms with E-state index in [1.807, 2.05) is 6.07 Å². The molecule has 0 unspecified atom stereocenters. The van der Waals surface area contributed by atoms with Crippen LogP contribution < -0.4 is 9.47 Å². The van der Waals surface area contributed by atoms with Gasteiger partial charge in [0.2, 0.25) is 0 Å². The molecular weight excluding hydrogens is 188 g/mol. The summed E-state index contributed by atoms with van der Waals surface area (Å²) in [6.07, 6.45) is 5.80. The van der Waals surface area contributed by atoms with Gasteiger partial charge in [-0.3, -0.25) is 0 Å². The number of fused-ring (bicyclic) bond motifs is 5.